The fourth-order valence-corrected chi connectivity index (χ4v) is 3.51. The summed E-state index contributed by atoms with van der Waals surface area (Å²) in [7, 11) is 0. The van der Waals surface area contributed by atoms with Crippen molar-refractivity contribution in [3.8, 4) is 0 Å². The van der Waals surface area contributed by atoms with Crippen LogP contribution in [0.3, 0.4) is 0 Å². The average molecular weight is 491 g/mol. The number of H-pyrrole nitrogens is 1. The Morgan fingerprint density at radius 2 is 1.76 bits per heavy atom. The van der Waals surface area contributed by atoms with Crippen LogP contribution >= 0.6 is 11.8 Å². The smallest absolute Gasteiger partial charge is 0.382 e. The normalized spacial score (nSPS) is 11.2. The van der Waals surface area contributed by atoms with Gasteiger partial charge in [-0.1, -0.05) is 23.9 Å². The van der Waals surface area contributed by atoms with E-state index in [9.17, 15) is 27.6 Å². The highest BCUT2D eigenvalue weighted by Gasteiger charge is 2.30. The first-order chi connectivity index (χ1) is 15.9. The molecule has 2 amide bonds. The lowest BCUT2D eigenvalue weighted by molar-refractivity contribution is -0.137. The molecule has 0 bridgehead atoms. The van der Waals surface area contributed by atoms with Crippen LogP contribution in [0, 0.1) is 13.8 Å². The molecule has 0 fully saturated rings. The number of alkyl halides is 3. The first kappa shape index (κ1) is 24.8. The highest BCUT2D eigenvalue weighted by atomic mass is 32.2. The summed E-state index contributed by atoms with van der Waals surface area (Å²) in [6.45, 7) is 3.76. The molecule has 34 heavy (non-hydrogen) atoms. The van der Waals surface area contributed by atoms with E-state index < -0.39 is 23.2 Å². The molecule has 0 aliphatic rings. The number of thioether (sulfide) groups is 1. The number of aromatic amines is 1. The SMILES string of the molecule is Cc1ccc(C)c(NC(=O)CSc2nc(N)c(NC(=O)c3ccc(C(F)(F)F)cc3)c(=O)[nH]2)c1. The summed E-state index contributed by atoms with van der Waals surface area (Å²) in [6, 6.07) is 9.12. The summed E-state index contributed by atoms with van der Waals surface area (Å²) in [5.41, 5.74) is 6.21. The number of nitrogens with one attached hydrogen (secondary N) is 3. The number of nitrogens with zero attached hydrogens (tertiary/aromatic N) is 1. The van der Waals surface area contributed by atoms with Gasteiger partial charge in [-0.05, 0) is 55.3 Å². The Morgan fingerprint density at radius 3 is 2.38 bits per heavy atom. The molecule has 1 heterocycles. The zero-order chi connectivity index (χ0) is 25.0. The number of carbonyl (C=O) groups is 2. The van der Waals surface area contributed by atoms with E-state index in [0.29, 0.717) is 5.69 Å². The minimum Gasteiger partial charge on any atom is -0.382 e. The van der Waals surface area contributed by atoms with Gasteiger partial charge >= 0.3 is 6.18 Å². The summed E-state index contributed by atoms with van der Waals surface area (Å²) < 4.78 is 38.0. The summed E-state index contributed by atoms with van der Waals surface area (Å²) in [6.07, 6.45) is -4.54. The maximum atomic E-state index is 12.7. The number of carbonyl (C=O) groups excluding carboxylic acids is 2. The number of hydrogen-bond donors (Lipinski definition) is 4. The van der Waals surface area contributed by atoms with E-state index in [1.54, 1.807) is 0 Å². The van der Waals surface area contributed by atoms with Gasteiger partial charge in [0.05, 0.1) is 11.3 Å². The van der Waals surface area contributed by atoms with Gasteiger partial charge in [0.15, 0.2) is 11.0 Å². The number of hydrogen-bond acceptors (Lipinski definition) is 6. The second-order valence-corrected chi connectivity index (χ2v) is 8.28. The van der Waals surface area contributed by atoms with E-state index in [-0.39, 0.29) is 33.9 Å². The number of anilines is 3. The lowest BCUT2D eigenvalue weighted by Gasteiger charge is -2.11. The van der Waals surface area contributed by atoms with Crippen molar-refractivity contribution in [3.05, 3.63) is 75.1 Å². The van der Waals surface area contributed by atoms with Crippen molar-refractivity contribution >= 4 is 40.8 Å². The Labute approximate surface area is 196 Å². The predicted octanol–water partition coefficient (Wildman–Crippen LogP) is 3.97. The minimum absolute atomic E-state index is 0.0612. The first-order valence-corrected chi connectivity index (χ1v) is 10.8. The summed E-state index contributed by atoms with van der Waals surface area (Å²) in [5, 5.41) is 5.09. The van der Waals surface area contributed by atoms with Crippen molar-refractivity contribution in [3.63, 3.8) is 0 Å². The minimum atomic E-state index is -4.54. The van der Waals surface area contributed by atoms with Crippen LogP contribution in [0.4, 0.5) is 30.4 Å². The number of nitrogens with two attached hydrogens (primary N) is 1. The highest BCUT2D eigenvalue weighted by Crippen LogP contribution is 2.29. The largest absolute Gasteiger partial charge is 0.416 e. The number of aryl methyl sites for hydroxylation is 2. The van der Waals surface area contributed by atoms with E-state index in [1.165, 1.54) is 0 Å². The maximum Gasteiger partial charge on any atom is 0.416 e. The Bertz CT molecular complexity index is 1290. The number of aromatic nitrogens is 2. The van der Waals surface area contributed by atoms with E-state index in [2.05, 4.69) is 20.6 Å². The van der Waals surface area contributed by atoms with Crippen LogP contribution in [0.1, 0.15) is 27.0 Å². The van der Waals surface area contributed by atoms with Gasteiger partial charge < -0.3 is 16.4 Å². The second-order valence-electron chi connectivity index (χ2n) is 7.32. The Balaban J connectivity index is 1.65. The molecule has 2 aromatic carbocycles. The third kappa shape index (κ3) is 6.16. The number of nitrogen functional groups attached to an aromatic ring is 1. The summed E-state index contributed by atoms with van der Waals surface area (Å²) >= 11 is 0.936. The van der Waals surface area contributed by atoms with E-state index in [1.807, 2.05) is 32.0 Å². The lowest BCUT2D eigenvalue weighted by atomic mass is 10.1. The van der Waals surface area contributed by atoms with Gasteiger partial charge in [0.1, 0.15) is 5.69 Å². The highest BCUT2D eigenvalue weighted by molar-refractivity contribution is 7.99. The standard InChI is InChI=1S/C22H20F3N5O3S/c1-11-3-4-12(2)15(9-11)27-16(31)10-34-21-29-18(26)17(20(33)30-21)28-19(32)13-5-7-14(8-6-13)22(23,24)25/h3-9H,10H2,1-2H3,(H,27,31)(H,28,32)(H3,26,29,30,33). The quantitative estimate of drug-likeness (QED) is 0.305. The number of benzene rings is 2. The molecule has 0 spiro atoms. The third-order valence-electron chi connectivity index (χ3n) is 4.65. The lowest BCUT2D eigenvalue weighted by Crippen LogP contribution is -2.23. The van der Waals surface area contributed by atoms with Gasteiger partial charge in [-0.3, -0.25) is 19.4 Å². The van der Waals surface area contributed by atoms with Gasteiger partial charge in [0, 0.05) is 11.3 Å². The molecule has 5 N–H and O–H groups in total. The molecule has 0 saturated heterocycles. The third-order valence-corrected chi connectivity index (χ3v) is 5.52. The van der Waals surface area contributed by atoms with Gasteiger partial charge in [0.2, 0.25) is 5.91 Å². The average Bonchev–Trinajstić information content (AvgIpc) is 2.76. The Morgan fingerprint density at radius 1 is 1.09 bits per heavy atom. The predicted molar refractivity (Wildman–Crippen MR) is 124 cm³/mol. The van der Waals surface area contributed by atoms with Crippen LogP contribution in [-0.2, 0) is 11.0 Å². The molecule has 3 rings (SSSR count). The fraction of sp³-hybridized carbons (Fsp3) is 0.182. The van der Waals surface area contributed by atoms with Gasteiger partial charge in [0.25, 0.3) is 11.5 Å². The van der Waals surface area contributed by atoms with Crippen molar-refractivity contribution < 1.29 is 22.8 Å². The Kier molecular flexibility index (Phi) is 7.30. The molecule has 8 nitrogen and oxygen atoms in total. The molecule has 0 aliphatic heterocycles. The van der Waals surface area contributed by atoms with E-state index >= 15 is 0 Å². The molecule has 0 radical (unpaired) electrons. The molecule has 0 aliphatic carbocycles. The van der Waals surface area contributed by atoms with Crippen molar-refractivity contribution in [2.24, 2.45) is 0 Å². The zero-order valence-electron chi connectivity index (χ0n) is 18.0. The van der Waals surface area contributed by atoms with Crippen molar-refractivity contribution in [2.75, 3.05) is 22.1 Å². The molecular weight excluding hydrogens is 471 g/mol. The zero-order valence-corrected chi connectivity index (χ0v) is 18.9. The second kappa shape index (κ2) is 10.00. The van der Waals surface area contributed by atoms with Gasteiger partial charge in [-0.2, -0.15) is 13.2 Å². The number of halogens is 3. The Hall–Kier alpha value is -3.80. The van der Waals surface area contributed by atoms with Crippen LogP contribution in [-0.4, -0.2) is 27.5 Å². The topological polar surface area (TPSA) is 130 Å². The maximum absolute atomic E-state index is 12.7. The van der Waals surface area contributed by atoms with Crippen LogP contribution < -0.4 is 21.9 Å². The molecule has 178 valence electrons. The van der Waals surface area contributed by atoms with E-state index in [0.717, 1.165) is 47.2 Å². The van der Waals surface area contributed by atoms with Crippen LogP contribution in [0.15, 0.2) is 52.4 Å². The van der Waals surface area contributed by atoms with Gasteiger partial charge in [-0.25, -0.2) is 4.98 Å². The summed E-state index contributed by atoms with van der Waals surface area (Å²) in [4.78, 5) is 43.4. The van der Waals surface area contributed by atoms with Gasteiger partial charge in [-0.15, -0.1) is 0 Å². The number of amides is 2. The molecule has 3 aromatic rings. The number of rotatable bonds is 6. The van der Waals surface area contributed by atoms with E-state index in [4.69, 9.17) is 5.73 Å². The molecule has 0 saturated carbocycles. The van der Waals surface area contributed by atoms with Crippen LogP contribution in [0.2, 0.25) is 0 Å². The van der Waals surface area contributed by atoms with Crippen molar-refractivity contribution in [1.82, 2.24) is 9.97 Å². The summed E-state index contributed by atoms with van der Waals surface area (Å²) in [5.74, 6) is -1.52. The van der Waals surface area contributed by atoms with Crippen molar-refractivity contribution in [2.45, 2.75) is 25.2 Å². The molecular formula is C22H20F3N5O3S. The molecule has 0 atom stereocenters. The van der Waals surface area contributed by atoms with Crippen LogP contribution in [0.25, 0.3) is 0 Å². The fourth-order valence-electron chi connectivity index (χ4n) is 2.85. The van der Waals surface area contributed by atoms with Crippen LogP contribution in [0.5, 0.6) is 0 Å². The molecule has 0 unspecified atom stereocenters. The monoisotopic (exact) mass is 491 g/mol. The molecule has 1 aromatic heterocycles. The first-order valence-electron chi connectivity index (χ1n) is 9.82. The molecule has 12 heteroatoms. The van der Waals surface area contributed by atoms with Crippen molar-refractivity contribution in [1.29, 1.82) is 0 Å².